The third-order valence-corrected chi connectivity index (χ3v) is 5.53. The largest absolute Gasteiger partial charge is 0.290 e. The molecule has 0 spiro atoms. The highest BCUT2D eigenvalue weighted by Crippen LogP contribution is 2.27. The third kappa shape index (κ3) is 3.62. The predicted molar refractivity (Wildman–Crippen MR) is 118 cm³/mol. The molecule has 0 N–H and O–H groups in total. The number of nitro benzene ring substituents is 1. The van der Waals surface area contributed by atoms with Gasteiger partial charge < -0.3 is 0 Å². The van der Waals surface area contributed by atoms with Crippen LogP contribution in [0.4, 0.5) is 11.4 Å². The number of anilines is 1. The monoisotopic (exact) mass is 429 g/mol. The Morgan fingerprint density at radius 1 is 0.906 bits per heavy atom. The van der Waals surface area contributed by atoms with Gasteiger partial charge in [-0.2, -0.15) is 0 Å². The Morgan fingerprint density at radius 3 is 2.03 bits per heavy atom. The second-order valence-corrected chi connectivity index (χ2v) is 7.53. The zero-order valence-electron chi connectivity index (χ0n) is 17.4. The molecule has 1 aliphatic heterocycles. The van der Waals surface area contributed by atoms with Crippen LogP contribution in [0, 0.1) is 24.0 Å². The van der Waals surface area contributed by atoms with E-state index < -0.39 is 22.6 Å². The summed E-state index contributed by atoms with van der Waals surface area (Å²) in [7, 11) is 0. The van der Waals surface area contributed by atoms with Gasteiger partial charge in [0.05, 0.1) is 16.1 Å². The quantitative estimate of drug-likeness (QED) is 0.345. The topological polar surface area (TPSA) is 101 Å². The fourth-order valence-corrected chi connectivity index (χ4v) is 3.55. The number of rotatable bonds is 5. The van der Waals surface area contributed by atoms with Crippen LogP contribution in [0.15, 0.2) is 66.7 Å². The molecule has 0 fully saturated rings. The zero-order valence-corrected chi connectivity index (χ0v) is 17.4. The minimum absolute atomic E-state index is 0.139. The number of amides is 3. The Kier molecular flexibility index (Phi) is 5.28. The van der Waals surface area contributed by atoms with Crippen LogP contribution in [0.2, 0.25) is 0 Å². The number of non-ortho nitro benzene ring substituents is 1. The molecule has 3 amide bonds. The van der Waals surface area contributed by atoms with E-state index in [1.54, 1.807) is 36.4 Å². The van der Waals surface area contributed by atoms with E-state index in [0.717, 1.165) is 16.0 Å². The van der Waals surface area contributed by atoms with Gasteiger partial charge in [0.25, 0.3) is 23.4 Å². The highest BCUT2D eigenvalue weighted by Gasteiger charge is 2.37. The number of fused-ring (bicyclic) bond motifs is 1. The smallest absolute Gasteiger partial charge is 0.269 e. The van der Waals surface area contributed by atoms with E-state index in [1.807, 2.05) is 19.9 Å². The molecule has 0 saturated carbocycles. The first-order chi connectivity index (χ1) is 15.3. The molecule has 0 bridgehead atoms. The molecule has 8 heteroatoms. The van der Waals surface area contributed by atoms with Gasteiger partial charge in [0.1, 0.15) is 6.67 Å². The minimum atomic E-state index is -0.547. The summed E-state index contributed by atoms with van der Waals surface area (Å²) in [5, 5.41) is 10.9. The van der Waals surface area contributed by atoms with Crippen molar-refractivity contribution in [2.75, 3.05) is 11.6 Å². The van der Waals surface area contributed by atoms with E-state index in [0.29, 0.717) is 16.8 Å². The molecule has 1 heterocycles. The molecule has 160 valence electrons. The number of carbonyl (C=O) groups is 3. The van der Waals surface area contributed by atoms with E-state index in [1.165, 1.54) is 29.2 Å². The fraction of sp³-hybridized carbons (Fsp3) is 0.125. The van der Waals surface area contributed by atoms with Crippen molar-refractivity contribution in [2.24, 2.45) is 0 Å². The summed E-state index contributed by atoms with van der Waals surface area (Å²) in [4.78, 5) is 51.9. The molecule has 0 radical (unpaired) electrons. The molecule has 8 nitrogen and oxygen atoms in total. The van der Waals surface area contributed by atoms with Crippen LogP contribution in [0.1, 0.15) is 42.2 Å². The first-order valence-corrected chi connectivity index (χ1v) is 9.86. The lowest BCUT2D eigenvalue weighted by Crippen LogP contribution is -2.44. The number of nitro groups is 1. The molecule has 0 saturated heterocycles. The van der Waals surface area contributed by atoms with Gasteiger partial charge in [0.15, 0.2) is 0 Å². The SMILES string of the molecule is Cc1ccc(N(CN2C(=O)c3ccccc3C2=O)C(=O)c2ccc([N+](=O)[O-])cc2)cc1C. The molecule has 4 rings (SSSR count). The molecule has 3 aromatic rings. The molecule has 0 aliphatic carbocycles. The summed E-state index contributed by atoms with van der Waals surface area (Å²) in [6.07, 6.45) is 0. The molecule has 1 aliphatic rings. The average Bonchev–Trinajstić information content (AvgIpc) is 3.03. The van der Waals surface area contributed by atoms with Gasteiger partial charge in [0, 0.05) is 23.4 Å². The Hall–Kier alpha value is -4.33. The summed E-state index contributed by atoms with van der Waals surface area (Å²) < 4.78 is 0. The van der Waals surface area contributed by atoms with Crippen LogP contribution >= 0.6 is 0 Å². The molecular weight excluding hydrogens is 410 g/mol. The van der Waals surface area contributed by atoms with Crippen LogP contribution in [-0.4, -0.2) is 34.2 Å². The second-order valence-electron chi connectivity index (χ2n) is 7.53. The summed E-state index contributed by atoms with van der Waals surface area (Å²) in [5.74, 6) is -1.44. The lowest BCUT2D eigenvalue weighted by molar-refractivity contribution is -0.384. The van der Waals surface area contributed by atoms with Crippen molar-refractivity contribution in [3.63, 3.8) is 0 Å². The minimum Gasteiger partial charge on any atom is -0.290 e. The molecule has 3 aromatic carbocycles. The highest BCUT2D eigenvalue weighted by molar-refractivity contribution is 6.22. The van der Waals surface area contributed by atoms with Gasteiger partial charge >= 0.3 is 0 Å². The van der Waals surface area contributed by atoms with Crippen molar-refractivity contribution in [1.82, 2.24) is 4.90 Å². The van der Waals surface area contributed by atoms with Crippen molar-refractivity contribution >= 4 is 29.1 Å². The van der Waals surface area contributed by atoms with E-state index in [2.05, 4.69) is 0 Å². The number of aryl methyl sites for hydroxylation is 2. The Balaban J connectivity index is 1.72. The predicted octanol–water partition coefficient (Wildman–Crippen LogP) is 4.11. The zero-order chi connectivity index (χ0) is 23.0. The second kappa shape index (κ2) is 8.07. The van der Waals surface area contributed by atoms with Gasteiger partial charge in [-0.05, 0) is 61.4 Å². The first kappa shape index (κ1) is 20.9. The fourth-order valence-electron chi connectivity index (χ4n) is 3.55. The van der Waals surface area contributed by atoms with E-state index in [9.17, 15) is 24.5 Å². The van der Waals surface area contributed by atoms with Crippen molar-refractivity contribution in [1.29, 1.82) is 0 Å². The number of carbonyl (C=O) groups excluding carboxylic acids is 3. The van der Waals surface area contributed by atoms with Gasteiger partial charge in [-0.1, -0.05) is 18.2 Å². The number of benzene rings is 3. The van der Waals surface area contributed by atoms with Crippen LogP contribution < -0.4 is 4.90 Å². The molecular formula is C24H19N3O5. The van der Waals surface area contributed by atoms with Crippen molar-refractivity contribution in [2.45, 2.75) is 13.8 Å². The number of hydrogen-bond donors (Lipinski definition) is 0. The van der Waals surface area contributed by atoms with Gasteiger partial charge in [0.2, 0.25) is 0 Å². The van der Waals surface area contributed by atoms with Crippen LogP contribution in [0.3, 0.4) is 0 Å². The molecule has 32 heavy (non-hydrogen) atoms. The maximum Gasteiger partial charge on any atom is 0.269 e. The maximum atomic E-state index is 13.4. The van der Waals surface area contributed by atoms with Crippen LogP contribution in [0.25, 0.3) is 0 Å². The summed E-state index contributed by atoms with van der Waals surface area (Å²) in [5.41, 5.74) is 3.11. The number of hydrogen-bond acceptors (Lipinski definition) is 5. The lowest BCUT2D eigenvalue weighted by atomic mass is 10.1. The van der Waals surface area contributed by atoms with Crippen molar-refractivity contribution < 1.29 is 19.3 Å². The number of imide groups is 1. The third-order valence-electron chi connectivity index (χ3n) is 5.53. The Bertz CT molecular complexity index is 1230. The van der Waals surface area contributed by atoms with E-state index in [-0.39, 0.29) is 17.9 Å². The highest BCUT2D eigenvalue weighted by atomic mass is 16.6. The Labute approximate surface area is 183 Å². The van der Waals surface area contributed by atoms with Gasteiger partial charge in [-0.3, -0.25) is 34.3 Å². The summed E-state index contributed by atoms with van der Waals surface area (Å²) in [6, 6.07) is 17.1. The summed E-state index contributed by atoms with van der Waals surface area (Å²) in [6.45, 7) is 3.55. The van der Waals surface area contributed by atoms with Crippen molar-refractivity contribution in [3.05, 3.63) is 105 Å². The van der Waals surface area contributed by atoms with Crippen molar-refractivity contribution in [3.8, 4) is 0 Å². The molecule has 0 atom stereocenters. The maximum absolute atomic E-state index is 13.4. The summed E-state index contributed by atoms with van der Waals surface area (Å²) >= 11 is 0. The standard InChI is InChI=1S/C24H19N3O5/c1-15-7-10-19(13-16(15)2)25(22(28)17-8-11-18(12-9-17)27(31)32)14-26-23(29)20-5-3-4-6-21(20)24(26)30/h3-13H,14H2,1-2H3. The van der Waals surface area contributed by atoms with E-state index in [4.69, 9.17) is 0 Å². The lowest BCUT2D eigenvalue weighted by Gasteiger charge is -2.27. The van der Waals surface area contributed by atoms with Crippen LogP contribution in [0.5, 0.6) is 0 Å². The Morgan fingerprint density at radius 2 is 1.50 bits per heavy atom. The average molecular weight is 429 g/mol. The normalized spacial score (nSPS) is 12.6. The van der Waals surface area contributed by atoms with Gasteiger partial charge in [-0.25, -0.2) is 0 Å². The molecule has 0 aromatic heterocycles. The van der Waals surface area contributed by atoms with Gasteiger partial charge in [-0.15, -0.1) is 0 Å². The number of nitrogens with zero attached hydrogens (tertiary/aromatic N) is 3. The van der Waals surface area contributed by atoms with Crippen LogP contribution in [-0.2, 0) is 0 Å². The first-order valence-electron chi connectivity index (χ1n) is 9.86. The van der Waals surface area contributed by atoms with E-state index >= 15 is 0 Å². The molecule has 0 unspecified atom stereocenters.